The molecule has 1 aromatic rings. The van der Waals surface area contributed by atoms with Crippen LogP contribution in [0.5, 0.6) is 0 Å². The average Bonchev–Trinajstić information content (AvgIpc) is 2.52. The zero-order valence-electron chi connectivity index (χ0n) is 7.79. The van der Waals surface area contributed by atoms with Crippen molar-refractivity contribution < 1.29 is 0 Å². The van der Waals surface area contributed by atoms with Crippen LogP contribution in [0.1, 0.15) is 11.8 Å². The fourth-order valence-corrected chi connectivity index (χ4v) is 1.81. The maximum absolute atomic E-state index is 4.31. The number of anilines is 1. The Labute approximate surface area is 77.4 Å². The lowest BCUT2D eigenvalue weighted by Crippen LogP contribution is -2.14. The number of aromatic nitrogens is 1. The zero-order valence-corrected chi connectivity index (χ0v) is 8.61. The summed E-state index contributed by atoms with van der Waals surface area (Å²) in [5.41, 5.74) is 0. The SMILES string of the molecule is CCN(C)c1ncc(CNC)s1. The summed E-state index contributed by atoms with van der Waals surface area (Å²) in [6.07, 6.45) is 1.93. The first-order valence-electron chi connectivity index (χ1n) is 4.08. The second-order valence-corrected chi connectivity index (χ2v) is 3.75. The van der Waals surface area contributed by atoms with Crippen LogP contribution in [-0.4, -0.2) is 25.6 Å². The number of thiazole rings is 1. The van der Waals surface area contributed by atoms with Gasteiger partial charge < -0.3 is 10.2 Å². The Balaban J connectivity index is 2.63. The molecule has 0 radical (unpaired) electrons. The summed E-state index contributed by atoms with van der Waals surface area (Å²) in [6.45, 7) is 4.04. The van der Waals surface area contributed by atoms with Gasteiger partial charge >= 0.3 is 0 Å². The van der Waals surface area contributed by atoms with Crippen LogP contribution < -0.4 is 10.2 Å². The predicted octanol–water partition coefficient (Wildman–Crippen LogP) is 1.32. The van der Waals surface area contributed by atoms with Crippen molar-refractivity contribution in [3.05, 3.63) is 11.1 Å². The van der Waals surface area contributed by atoms with Crippen molar-refractivity contribution in [3.8, 4) is 0 Å². The van der Waals surface area contributed by atoms with Crippen molar-refractivity contribution in [2.75, 3.05) is 25.5 Å². The molecule has 0 fully saturated rings. The number of nitrogens with one attached hydrogen (secondary N) is 1. The molecule has 0 saturated heterocycles. The molecule has 4 heteroatoms. The fraction of sp³-hybridized carbons (Fsp3) is 0.625. The molecule has 0 aliphatic carbocycles. The Bertz CT molecular complexity index is 234. The van der Waals surface area contributed by atoms with Gasteiger partial charge in [-0.3, -0.25) is 0 Å². The van der Waals surface area contributed by atoms with Gasteiger partial charge in [0.2, 0.25) is 0 Å². The second-order valence-electron chi connectivity index (χ2n) is 2.65. The lowest BCUT2D eigenvalue weighted by molar-refractivity contribution is 0.829. The lowest BCUT2D eigenvalue weighted by Gasteiger charge is -2.10. The molecular weight excluding hydrogens is 170 g/mol. The largest absolute Gasteiger partial charge is 0.351 e. The average molecular weight is 185 g/mol. The van der Waals surface area contributed by atoms with Crippen LogP contribution in [-0.2, 0) is 6.54 Å². The van der Waals surface area contributed by atoms with Crippen LogP contribution in [0.3, 0.4) is 0 Å². The van der Waals surface area contributed by atoms with E-state index in [2.05, 4.69) is 29.2 Å². The number of nitrogens with zero attached hydrogens (tertiary/aromatic N) is 2. The van der Waals surface area contributed by atoms with Crippen LogP contribution >= 0.6 is 11.3 Å². The molecule has 3 nitrogen and oxygen atoms in total. The van der Waals surface area contributed by atoms with E-state index in [1.54, 1.807) is 11.3 Å². The van der Waals surface area contributed by atoms with E-state index in [-0.39, 0.29) is 0 Å². The maximum atomic E-state index is 4.31. The summed E-state index contributed by atoms with van der Waals surface area (Å²) in [5, 5.41) is 4.21. The fourth-order valence-electron chi connectivity index (χ4n) is 0.865. The van der Waals surface area contributed by atoms with Crippen LogP contribution in [0.2, 0.25) is 0 Å². The third kappa shape index (κ3) is 2.19. The number of hydrogen-bond acceptors (Lipinski definition) is 4. The molecular formula is C8H15N3S. The van der Waals surface area contributed by atoms with Gasteiger partial charge in [-0.15, -0.1) is 11.3 Å². The highest BCUT2D eigenvalue weighted by atomic mass is 32.1. The van der Waals surface area contributed by atoms with Crippen molar-refractivity contribution in [1.82, 2.24) is 10.3 Å². The third-order valence-corrected chi connectivity index (χ3v) is 2.80. The second kappa shape index (κ2) is 4.42. The molecule has 0 saturated carbocycles. The van der Waals surface area contributed by atoms with Gasteiger partial charge in [0.25, 0.3) is 0 Å². The monoisotopic (exact) mass is 185 g/mol. The van der Waals surface area contributed by atoms with Crippen molar-refractivity contribution in [3.63, 3.8) is 0 Å². The van der Waals surface area contributed by atoms with E-state index < -0.39 is 0 Å². The molecule has 0 aliphatic rings. The van der Waals surface area contributed by atoms with E-state index in [0.29, 0.717) is 0 Å². The molecule has 0 spiro atoms. The van der Waals surface area contributed by atoms with Crippen molar-refractivity contribution >= 4 is 16.5 Å². The van der Waals surface area contributed by atoms with Crippen molar-refractivity contribution in [2.45, 2.75) is 13.5 Å². The highest BCUT2D eigenvalue weighted by Crippen LogP contribution is 2.20. The van der Waals surface area contributed by atoms with Crippen molar-refractivity contribution in [2.24, 2.45) is 0 Å². The smallest absolute Gasteiger partial charge is 0.185 e. The van der Waals surface area contributed by atoms with Gasteiger partial charge in [0.15, 0.2) is 5.13 Å². The van der Waals surface area contributed by atoms with E-state index in [9.17, 15) is 0 Å². The van der Waals surface area contributed by atoms with Crippen LogP contribution in [0, 0.1) is 0 Å². The maximum Gasteiger partial charge on any atom is 0.185 e. The van der Waals surface area contributed by atoms with Gasteiger partial charge in [-0.25, -0.2) is 4.98 Å². The quantitative estimate of drug-likeness (QED) is 0.767. The Hall–Kier alpha value is -0.610. The van der Waals surface area contributed by atoms with Gasteiger partial charge in [0.1, 0.15) is 0 Å². The van der Waals surface area contributed by atoms with E-state index in [4.69, 9.17) is 0 Å². The van der Waals surface area contributed by atoms with E-state index >= 15 is 0 Å². The summed E-state index contributed by atoms with van der Waals surface area (Å²) in [6, 6.07) is 0. The zero-order chi connectivity index (χ0) is 8.97. The molecule has 68 valence electrons. The van der Waals surface area contributed by atoms with E-state index in [1.165, 1.54) is 4.88 Å². The first-order valence-corrected chi connectivity index (χ1v) is 4.90. The topological polar surface area (TPSA) is 28.2 Å². The summed E-state index contributed by atoms with van der Waals surface area (Å²) < 4.78 is 0. The normalized spacial score (nSPS) is 10.2. The third-order valence-electron chi connectivity index (χ3n) is 1.69. The molecule has 0 amide bonds. The minimum Gasteiger partial charge on any atom is -0.351 e. The Morgan fingerprint density at radius 3 is 3.00 bits per heavy atom. The number of rotatable bonds is 4. The molecule has 12 heavy (non-hydrogen) atoms. The van der Waals surface area contributed by atoms with Gasteiger partial charge in [-0.05, 0) is 14.0 Å². The molecule has 0 unspecified atom stereocenters. The molecule has 0 aliphatic heterocycles. The molecule has 0 atom stereocenters. The lowest BCUT2D eigenvalue weighted by atomic mass is 10.5. The van der Waals surface area contributed by atoms with Crippen LogP contribution in [0.15, 0.2) is 6.20 Å². The minimum absolute atomic E-state index is 0.912. The summed E-state index contributed by atoms with van der Waals surface area (Å²) in [4.78, 5) is 7.74. The standard InChI is InChI=1S/C8H15N3S/c1-4-11(3)8-10-6-7(12-8)5-9-2/h6,9H,4-5H2,1-3H3. The van der Waals surface area contributed by atoms with Crippen LogP contribution in [0.25, 0.3) is 0 Å². The summed E-state index contributed by atoms with van der Waals surface area (Å²) in [5.74, 6) is 0. The first kappa shape index (κ1) is 9.48. The Kier molecular flexibility index (Phi) is 3.49. The molecule has 1 rings (SSSR count). The predicted molar refractivity (Wildman–Crippen MR) is 53.8 cm³/mol. The van der Waals surface area contributed by atoms with E-state index in [0.717, 1.165) is 18.2 Å². The molecule has 1 N–H and O–H groups in total. The Morgan fingerprint density at radius 2 is 2.42 bits per heavy atom. The van der Waals surface area contributed by atoms with Gasteiger partial charge in [-0.1, -0.05) is 0 Å². The number of hydrogen-bond donors (Lipinski definition) is 1. The van der Waals surface area contributed by atoms with Gasteiger partial charge in [0.05, 0.1) is 0 Å². The molecule has 1 aromatic heterocycles. The Morgan fingerprint density at radius 1 is 1.67 bits per heavy atom. The van der Waals surface area contributed by atoms with Gasteiger partial charge in [0, 0.05) is 31.2 Å². The molecule has 0 aromatic carbocycles. The van der Waals surface area contributed by atoms with Gasteiger partial charge in [-0.2, -0.15) is 0 Å². The molecule has 0 bridgehead atoms. The highest BCUT2D eigenvalue weighted by molar-refractivity contribution is 7.15. The van der Waals surface area contributed by atoms with E-state index in [1.807, 2.05) is 13.2 Å². The highest BCUT2D eigenvalue weighted by Gasteiger charge is 2.03. The molecule has 1 heterocycles. The minimum atomic E-state index is 0.912. The summed E-state index contributed by atoms with van der Waals surface area (Å²) in [7, 11) is 4.00. The van der Waals surface area contributed by atoms with Crippen molar-refractivity contribution in [1.29, 1.82) is 0 Å². The summed E-state index contributed by atoms with van der Waals surface area (Å²) >= 11 is 1.74. The van der Waals surface area contributed by atoms with Crippen LogP contribution in [0.4, 0.5) is 5.13 Å². The first-order chi connectivity index (χ1) is 5.77.